The van der Waals surface area contributed by atoms with Gasteiger partial charge in [-0.2, -0.15) is 0 Å². The van der Waals surface area contributed by atoms with Crippen LogP contribution in [0.25, 0.3) is 0 Å². The third-order valence-corrected chi connectivity index (χ3v) is 7.54. The van der Waals surface area contributed by atoms with Crippen LogP contribution >= 0.6 is 0 Å². The van der Waals surface area contributed by atoms with E-state index in [2.05, 4.69) is 33.8 Å². The first-order chi connectivity index (χ1) is 12.5. The van der Waals surface area contributed by atoms with Gasteiger partial charge in [-0.15, -0.1) is 0 Å². The van der Waals surface area contributed by atoms with Crippen molar-refractivity contribution in [1.82, 2.24) is 0 Å². The highest BCUT2D eigenvalue weighted by molar-refractivity contribution is 5.82. The molecule has 152 valence electrons. The molecule has 2 aliphatic rings. The van der Waals surface area contributed by atoms with Crippen LogP contribution in [-0.4, -0.2) is 25.2 Å². The van der Waals surface area contributed by atoms with E-state index in [4.69, 9.17) is 9.47 Å². The Balaban J connectivity index is 2.34. The Hall–Kier alpha value is -1.58. The highest BCUT2D eigenvalue weighted by Gasteiger charge is 2.57. The number of carbonyl (C=O) groups is 2. The molecule has 0 N–H and O–H groups in total. The molecular weight excluding hydrogens is 340 g/mol. The van der Waals surface area contributed by atoms with Gasteiger partial charge in [-0.1, -0.05) is 38.0 Å². The van der Waals surface area contributed by atoms with E-state index >= 15 is 0 Å². The van der Waals surface area contributed by atoms with Crippen LogP contribution in [0.15, 0.2) is 23.3 Å². The summed E-state index contributed by atoms with van der Waals surface area (Å²) in [6.45, 7) is 12.7. The van der Waals surface area contributed by atoms with Crippen LogP contribution < -0.4 is 0 Å². The molecule has 0 saturated heterocycles. The number of esters is 2. The number of hydrogen-bond donors (Lipinski definition) is 0. The van der Waals surface area contributed by atoms with E-state index in [1.165, 1.54) is 26.0 Å². The smallest absolute Gasteiger partial charge is 0.330 e. The van der Waals surface area contributed by atoms with Gasteiger partial charge in [-0.25, -0.2) is 4.79 Å². The Bertz CT molecular complexity index is 647. The lowest BCUT2D eigenvalue weighted by atomic mass is 9.46. The summed E-state index contributed by atoms with van der Waals surface area (Å²) in [5.74, 6) is 0.322. The molecule has 0 unspecified atom stereocenters. The van der Waals surface area contributed by atoms with Crippen LogP contribution in [0.3, 0.4) is 0 Å². The second-order valence-corrected chi connectivity index (χ2v) is 9.09. The van der Waals surface area contributed by atoms with Crippen LogP contribution in [0.1, 0.15) is 73.6 Å². The lowest BCUT2D eigenvalue weighted by Crippen LogP contribution is -2.55. The third kappa shape index (κ3) is 4.30. The lowest BCUT2D eigenvalue weighted by Gasteiger charge is -2.60. The summed E-state index contributed by atoms with van der Waals surface area (Å²) in [6, 6.07) is 0. The lowest BCUT2D eigenvalue weighted by molar-refractivity contribution is -0.169. The number of fused-ring (bicyclic) bond motifs is 1. The van der Waals surface area contributed by atoms with Crippen LogP contribution in [0.4, 0.5) is 0 Å². The molecule has 0 aromatic rings. The minimum atomic E-state index is -0.298. The molecule has 0 radical (unpaired) electrons. The number of carbonyl (C=O) groups excluding carboxylic acids is 2. The number of methoxy groups -OCH3 is 1. The summed E-state index contributed by atoms with van der Waals surface area (Å²) in [5, 5.41) is 0. The standard InChI is InChI=1S/C23H36O4/c1-15(13-21(25)26-7)11-12-22(5)17(3)19(27-18(4)24)14-23(6)16(2)9-8-10-20(22)23/h9,13,17,19-20H,8,10-12,14H2,1-7H3/b15-13+/t17-,19-,20-,22+,23+/m1/s1. The van der Waals surface area contributed by atoms with Gasteiger partial charge in [0.15, 0.2) is 0 Å². The Morgan fingerprint density at radius 2 is 1.96 bits per heavy atom. The van der Waals surface area contributed by atoms with Crippen molar-refractivity contribution in [3.63, 3.8) is 0 Å². The van der Waals surface area contributed by atoms with E-state index in [9.17, 15) is 9.59 Å². The summed E-state index contributed by atoms with van der Waals surface area (Å²) < 4.78 is 10.6. The molecule has 0 aromatic heterocycles. The fourth-order valence-corrected chi connectivity index (χ4v) is 5.55. The maximum absolute atomic E-state index is 11.7. The van der Waals surface area contributed by atoms with Gasteiger partial charge in [-0.3, -0.25) is 4.79 Å². The van der Waals surface area contributed by atoms with Gasteiger partial charge in [0, 0.05) is 13.0 Å². The molecule has 0 heterocycles. The van der Waals surface area contributed by atoms with Gasteiger partial charge >= 0.3 is 11.9 Å². The Labute approximate surface area is 164 Å². The minimum absolute atomic E-state index is 0.0356. The van der Waals surface area contributed by atoms with Crippen molar-refractivity contribution >= 4 is 11.9 Å². The molecule has 0 aliphatic heterocycles. The van der Waals surface area contributed by atoms with E-state index in [-0.39, 0.29) is 34.8 Å². The van der Waals surface area contributed by atoms with Crippen LogP contribution in [0.2, 0.25) is 0 Å². The number of allylic oxidation sites excluding steroid dienone is 3. The fraction of sp³-hybridized carbons (Fsp3) is 0.739. The monoisotopic (exact) mass is 376 g/mol. The van der Waals surface area contributed by atoms with E-state index in [0.717, 1.165) is 31.3 Å². The van der Waals surface area contributed by atoms with Crippen molar-refractivity contribution in [2.45, 2.75) is 79.8 Å². The zero-order valence-electron chi connectivity index (χ0n) is 18.1. The van der Waals surface area contributed by atoms with Crippen LogP contribution in [-0.2, 0) is 19.1 Å². The van der Waals surface area contributed by atoms with Gasteiger partial charge in [0.2, 0.25) is 0 Å². The van der Waals surface area contributed by atoms with E-state index in [1.807, 2.05) is 6.92 Å². The maximum atomic E-state index is 11.7. The highest BCUT2D eigenvalue weighted by Crippen LogP contribution is 2.62. The second-order valence-electron chi connectivity index (χ2n) is 9.09. The van der Waals surface area contributed by atoms with Gasteiger partial charge in [-0.05, 0) is 68.6 Å². The molecule has 4 heteroatoms. The summed E-state index contributed by atoms with van der Waals surface area (Å²) in [4.78, 5) is 23.3. The summed E-state index contributed by atoms with van der Waals surface area (Å²) in [7, 11) is 1.41. The first kappa shape index (κ1) is 21.7. The molecule has 27 heavy (non-hydrogen) atoms. The molecule has 4 nitrogen and oxygen atoms in total. The van der Waals surface area contributed by atoms with Crippen molar-refractivity contribution < 1.29 is 19.1 Å². The molecule has 0 bridgehead atoms. The molecule has 0 aromatic carbocycles. The SMILES string of the molecule is COC(=O)/C=C(\C)CC[C@@]1(C)[C@H](C)[C@H](OC(C)=O)C[C@@]2(C)C(C)=CCC[C@H]12. The predicted octanol–water partition coefficient (Wildman–Crippen LogP) is 5.23. The first-order valence-corrected chi connectivity index (χ1v) is 10.1. The molecule has 1 saturated carbocycles. The summed E-state index contributed by atoms with van der Waals surface area (Å²) >= 11 is 0. The Morgan fingerprint density at radius 3 is 2.56 bits per heavy atom. The van der Waals surface area contributed by atoms with Crippen LogP contribution in [0, 0.1) is 22.7 Å². The minimum Gasteiger partial charge on any atom is -0.466 e. The van der Waals surface area contributed by atoms with Crippen molar-refractivity contribution in [2.24, 2.45) is 22.7 Å². The number of rotatable bonds is 5. The second kappa shape index (κ2) is 8.20. The number of ether oxygens (including phenoxy) is 2. The van der Waals surface area contributed by atoms with Crippen molar-refractivity contribution in [1.29, 1.82) is 0 Å². The third-order valence-electron chi connectivity index (χ3n) is 7.54. The molecule has 2 aliphatic carbocycles. The van der Waals surface area contributed by atoms with Crippen molar-refractivity contribution in [3.05, 3.63) is 23.3 Å². The topological polar surface area (TPSA) is 52.6 Å². The highest BCUT2D eigenvalue weighted by atomic mass is 16.5. The largest absolute Gasteiger partial charge is 0.466 e. The van der Waals surface area contributed by atoms with Crippen molar-refractivity contribution in [3.8, 4) is 0 Å². The predicted molar refractivity (Wildman–Crippen MR) is 107 cm³/mol. The molecule has 2 rings (SSSR count). The Morgan fingerprint density at radius 1 is 1.30 bits per heavy atom. The van der Waals surface area contributed by atoms with E-state index < -0.39 is 0 Å². The quantitative estimate of drug-likeness (QED) is 0.375. The van der Waals surface area contributed by atoms with E-state index in [1.54, 1.807) is 6.08 Å². The average Bonchev–Trinajstić information content (AvgIpc) is 2.59. The number of hydrogen-bond acceptors (Lipinski definition) is 4. The zero-order chi connectivity index (χ0) is 20.4. The van der Waals surface area contributed by atoms with Gasteiger partial charge in [0.05, 0.1) is 7.11 Å². The fourth-order valence-electron chi connectivity index (χ4n) is 5.55. The molecule has 5 atom stereocenters. The van der Waals surface area contributed by atoms with Gasteiger partial charge in [0.25, 0.3) is 0 Å². The van der Waals surface area contributed by atoms with Gasteiger partial charge < -0.3 is 9.47 Å². The van der Waals surface area contributed by atoms with Crippen LogP contribution in [0.5, 0.6) is 0 Å². The summed E-state index contributed by atoms with van der Waals surface area (Å²) in [6.07, 6.45) is 8.88. The normalized spacial score (nSPS) is 36.5. The van der Waals surface area contributed by atoms with E-state index in [0.29, 0.717) is 5.92 Å². The molecular formula is C23H36O4. The molecule has 0 amide bonds. The van der Waals surface area contributed by atoms with Gasteiger partial charge in [0.1, 0.15) is 6.10 Å². The average molecular weight is 377 g/mol. The first-order valence-electron chi connectivity index (χ1n) is 10.1. The maximum Gasteiger partial charge on any atom is 0.330 e. The molecule has 0 spiro atoms. The Kier molecular flexibility index (Phi) is 6.59. The molecule has 1 fully saturated rings. The zero-order valence-corrected chi connectivity index (χ0v) is 18.1. The van der Waals surface area contributed by atoms with Crippen molar-refractivity contribution in [2.75, 3.05) is 7.11 Å². The summed E-state index contributed by atoms with van der Waals surface area (Å²) in [5.41, 5.74) is 2.55.